The molecule has 6 nitrogen and oxygen atoms in total. The van der Waals surface area contributed by atoms with Gasteiger partial charge >= 0.3 is 12.0 Å². The molecule has 7 heteroatoms. The second kappa shape index (κ2) is 6.51. The lowest BCUT2D eigenvalue weighted by atomic mass is 10.1. The molecule has 1 aliphatic carbocycles. The summed E-state index contributed by atoms with van der Waals surface area (Å²) in [5.74, 6) is -1.09. The first-order valence-electron chi connectivity index (χ1n) is 6.30. The number of nitrogens with one attached hydrogen (secondary N) is 2. The van der Waals surface area contributed by atoms with Gasteiger partial charge in [-0.1, -0.05) is 0 Å². The van der Waals surface area contributed by atoms with Gasteiger partial charge in [0.05, 0.1) is 10.9 Å². The molecule has 1 aliphatic rings. The highest BCUT2D eigenvalue weighted by Crippen LogP contribution is 2.25. The Labute approximate surface area is 115 Å². The number of hydrogen-bond donors (Lipinski definition) is 3. The molecular formula is C12H17N3O3S. The van der Waals surface area contributed by atoms with Crippen molar-refractivity contribution in [2.75, 3.05) is 6.54 Å². The van der Waals surface area contributed by atoms with Gasteiger partial charge in [-0.15, -0.1) is 11.3 Å². The van der Waals surface area contributed by atoms with E-state index in [1.165, 1.54) is 0 Å². The zero-order valence-corrected chi connectivity index (χ0v) is 11.3. The van der Waals surface area contributed by atoms with E-state index in [0.29, 0.717) is 25.8 Å². The maximum atomic E-state index is 11.6. The Morgan fingerprint density at radius 2 is 2.32 bits per heavy atom. The van der Waals surface area contributed by atoms with Crippen LogP contribution in [0.3, 0.4) is 0 Å². The molecule has 0 radical (unpaired) electrons. The van der Waals surface area contributed by atoms with Crippen molar-refractivity contribution in [1.82, 2.24) is 15.6 Å². The lowest BCUT2D eigenvalue weighted by molar-refractivity contribution is -0.141. The van der Waals surface area contributed by atoms with Crippen molar-refractivity contribution in [1.29, 1.82) is 0 Å². The first-order chi connectivity index (χ1) is 9.15. The van der Waals surface area contributed by atoms with Gasteiger partial charge in [-0.2, -0.15) is 0 Å². The van der Waals surface area contributed by atoms with Crippen molar-refractivity contribution in [3.05, 3.63) is 16.6 Å². The summed E-state index contributed by atoms with van der Waals surface area (Å²) in [6.45, 7) is 0.536. The standard InChI is InChI=1S/C12H17N3O3S/c16-11(17)8-1-2-9(7-8)15-12(18)14-4-3-10-13-5-6-19-10/h5-6,8-9H,1-4,7H2,(H,16,17)(H2,14,15,18)/t8-,9+/m1/s1. The fourth-order valence-corrected chi connectivity index (χ4v) is 2.85. The van der Waals surface area contributed by atoms with Crippen molar-refractivity contribution in [2.45, 2.75) is 31.7 Å². The highest BCUT2D eigenvalue weighted by atomic mass is 32.1. The van der Waals surface area contributed by atoms with Gasteiger partial charge in [0, 0.05) is 30.6 Å². The Hall–Kier alpha value is -1.63. The van der Waals surface area contributed by atoms with Gasteiger partial charge in [-0.05, 0) is 19.3 Å². The molecule has 0 saturated heterocycles. The van der Waals surface area contributed by atoms with E-state index >= 15 is 0 Å². The Balaban J connectivity index is 1.63. The minimum atomic E-state index is -0.770. The van der Waals surface area contributed by atoms with Crippen molar-refractivity contribution in [3.63, 3.8) is 0 Å². The molecule has 1 saturated carbocycles. The number of carbonyl (C=O) groups excluding carboxylic acids is 1. The third-order valence-corrected chi connectivity index (χ3v) is 4.06. The summed E-state index contributed by atoms with van der Waals surface area (Å²) in [5.41, 5.74) is 0. The van der Waals surface area contributed by atoms with Crippen LogP contribution in [0.5, 0.6) is 0 Å². The molecule has 0 aliphatic heterocycles. The average molecular weight is 283 g/mol. The molecule has 0 bridgehead atoms. The Bertz CT molecular complexity index is 435. The number of aromatic nitrogens is 1. The van der Waals surface area contributed by atoms with Crippen molar-refractivity contribution < 1.29 is 14.7 Å². The molecular weight excluding hydrogens is 266 g/mol. The van der Waals surface area contributed by atoms with Crippen LogP contribution in [0.4, 0.5) is 4.79 Å². The maximum absolute atomic E-state index is 11.6. The minimum absolute atomic E-state index is 0.0269. The van der Waals surface area contributed by atoms with Crippen LogP contribution in [0.15, 0.2) is 11.6 Å². The van der Waals surface area contributed by atoms with E-state index in [4.69, 9.17) is 5.11 Å². The smallest absolute Gasteiger partial charge is 0.315 e. The van der Waals surface area contributed by atoms with E-state index in [2.05, 4.69) is 15.6 Å². The molecule has 19 heavy (non-hydrogen) atoms. The number of hydrogen-bond acceptors (Lipinski definition) is 4. The van der Waals surface area contributed by atoms with Gasteiger partial charge in [-0.3, -0.25) is 4.79 Å². The summed E-state index contributed by atoms with van der Waals surface area (Å²) in [4.78, 5) is 26.5. The number of urea groups is 1. The first-order valence-corrected chi connectivity index (χ1v) is 7.18. The summed E-state index contributed by atoms with van der Waals surface area (Å²) >= 11 is 1.56. The zero-order valence-electron chi connectivity index (χ0n) is 10.5. The Kier molecular flexibility index (Phi) is 4.73. The number of thiazole rings is 1. The van der Waals surface area contributed by atoms with Crippen LogP contribution in [0, 0.1) is 5.92 Å². The number of carbonyl (C=O) groups is 2. The molecule has 3 N–H and O–H groups in total. The molecule has 2 amide bonds. The van der Waals surface area contributed by atoms with E-state index < -0.39 is 5.97 Å². The predicted octanol–water partition coefficient (Wildman–Crippen LogP) is 1.24. The van der Waals surface area contributed by atoms with Crippen molar-refractivity contribution >= 4 is 23.3 Å². The predicted molar refractivity (Wildman–Crippen MR) is 71.1 cm³/mol. The lowest BCUT2D eigenvalue weighted by Crippen LogP contribution is -2.41. The Morgan fingerprint density at radius 3 is 2.95 bits per heavy atom. The van der Waals surface area contributed by atoms with Gasteiger partial charge in [0.2, 0.25) is 0 Å². The minimum Gasteiger partial charge on any atom is -0.481 e. The SMILES string of the molecule is O=C(NCCc1nccs1)N[C@H]1CC[C@@H](C(=O)O)C1. The number of carboxylic acid groups (broad SMARTS) is 1. The second-order valence-corrected chi connectivity index (χ2v) is 5.60. The maximum Gasteiger partial charge on any atom is 0.315 e. The van der Waals surface area contributed by atoms with Crippen LogP contribution in [0.2, 0.25) is 0 Å². The quantitative estimate of drug-likeness (QED) is 0.758. The fourth-order valence-electron chi connectivity index (χ4n) is 2.23. The molecule has 1 fully saturated rings. The van der Waals surface area contributed by atoms with Crippen LogP contribution in [0.1, 0.15) is 24.3 Å². The summed E-state index contributed by atoms with van der Waals surface area (Å²) in [6, 6.07) is -0.256. The molecule has 0 unspecified atom stereocenters. The van der Waals surface area contributed by atoms with Gasteiger partial charge in [0.25, 0.3) is 0 Å². The van der Waals surface area contributed by atoms with E-state index in [1.54, 1.807) is 17.5 Å². The molecule has 2 atom stereocenters. The topological polar surface area (TPSA) is 91.3 Å². The van der Waals surface area contributed by atoms with E-state index in [9.17, 15) is 9.59 Å². The fraction of sp³-hybridized carbons (Fsp3) is 0.583. The van der Waals surface area contributed by atoms with Crippen LogP contribution in [-0.4, -0.2) is 34.7 Å². The third kappa shape index (κ3) is 4.20. The normalized spacial score (nSPS) is 22.1. The van der Waals surface area contributed by atoms with E-state index in [1.807, 2.05) is 5.38 Å². The van der Waals surface area contributed by atoms with E-state index in [0.717, 1.165) is 11.4 Å². The van der Waals surface area contributed by atoms with Gasteiger partial charge in [0.1, 0.15) is 0 Å². The van der Waals surface area contributed by atoms with E-state index in [-0.39, 0.29) is 18.0 Å². The summed E-state index contributed by atoms with van der Waals surface area (Å²) in [5, 5.41) is 17.3. The van der Waals surface area contributed by atoms with Gasteiger partial charge in [-0.25, -0.2) is 9.78 Å². The van der Waals surface area contributed by atoms with Crippen LogP contribution >= 0.6 is 11.3 Å². The monoisotopic (exact) mass is 283 g/mol. The molecule has 0 spiro atoms. The van der Waals surface area contributed by atoms with Crippen molar-refractivity contribution in [2.24, 2.45) is 5.92 Å². The second-order valence-electron chi connectivity index (χ2n) is 4.62. The highest BCUT2D eigenvalue weighted by molar-refractivity contribution is 7.09. The number of amides is 2. The molecule has 1 aromatic heterocycles. The summed E-state index contributed by atoms with van der Waals surface area (Å²) < 4.78 is 0. The lowest BCUT2D eigenvalue weighted by Gasteiger charge is -2.13. The molecule has 0 aromatic carbocycles. The number of aliphatic carboxylic acids is 1. The van der Waals surface area contributed by atoms with Crippen molar-refractivity contribution in [3.8, 4) is 0 Å². The van der Waals surface area contributed by atoms with Crippen LogP contribution in [-0.2, 0) is 11.2 Å². The number of nitrogens with zero attached hydrogens (tertiary/aromatic N) is 1. The molecule has 1 heterocycles. The van der Waals surface area contributed by atoms with Gasteiger partial charge < -0.3 is 15.7 Å². The summed E-state index contributed by atoms with van der Waals surface area (Å²) in [6.07, 6.45) is 4.35. The van der Waals surface area contributed by atoms with Gasteiger partial charge in [0.15, 0.2) is 0 Å². The third-order valence-electron chi connectivity index (χ3n) is 3.22. The molecule has 104 valence electrons. The van der Waals surface area contributed by atoms with Crippen LogP contribution in [0.25, 0.3) is 0 Å². The highest BCUT2D eigenvalue weighted by Gasteiger charge is 2.30. The number of carboxylic acids is 1. The first kappa shape index (κ1) is 13.8. The number of rotatable bonds is 5. The largest absolute Gasteiger partial charge is 0.481 e. The van der Waals surface area contributed by atoms with Crippen LogP contribution < -0.4 is 10.6 Å². The summed E-state index contributed by atoms with van der Waals surface area (Å²) in [7, 11) is 0. The Morgan fingerprint density at radius 1 is 1.47 bits per heavy atom. The average Bonchev–Trinajstić information content (AvgIpc) is 3.00. The zero-order chi connectivity index (χ0) is 13.7. The molecule has 1 aromatic rings. The molecule has 2 rings (SSSR count).